The Kier molecular flexibility index (Phi) is 8.26. The van der Waals surface area contributed by atoms with Crippen molar-refractivity contribution >= 4 is 69.8 Å². The van der Waals surface area contributed by atoms with Crippen LogP contribution in [0.3, 0.4) is 0 Å². The van der Waals surface area contributed by atoms with Gasteiger partial charge in [-0.05, 0) is 78.4 Å². The summed E-state index contributed by atoms with van der Waals surface area (Å²) in [5, 5.41) is 0.611. The predicted octanol–water partition coefficient (Wildman–Crippen LogP) is 7.50. The van der Waals surface area contributed by atoms with Crippen molar-refractivity contribution in [3.05, 3.63) is 97.3 Å². The lowest BCUT2D eigenvalue weighted by molar-refractivity contribution is -0.123. The van der Waals surface area contributed by atoms with Crippen LogP contribution in [0, 0.1) is 0 Å². The molecule has 1 aliphatic heterocycles. The summed E-state index contributed by atoms with van der Waals surface area (Å²) in [7, 11) is 0. The van der Waals surface area contributed by atoms with Gasteiger partial charge in [0.1, 0.15) is 0 Å². The van der Waals surface area contributed by atoms with E-state index < -0.39 is 17.1 Å². The number of hydrogen-bond donors (Lipinski definition) is 0. The van der Waals surface area contributed by atoms with Gasteiger partial charge in [-0.3, -0.25) is 14.5 Å². The molecule has 10 heteroatoms. The van der Waals surface area contributed by atoms with Crippen LogP contribution in [0.15, 0.2) is 65.6 Å². The lowest BCUT2D eigenvalue weighted by Gasteiger charge is -2.14. The Morgan fingerprint density at radius 3 is 2.42 bits per heavy atom. The van der Waals surface area contributed by atoms with Gasteiger partial charge >= 0.3 is 5.97 Å². The van der Waals surface area contributed by atoms with Crippen LogP contribution in [-0.4, -0.2) is 28.6 Å². The van der Waals surface area contributed by atoms with Crippen LogP contribution in [0.2, 0.25) is 15.1 Å². The van der Waals surface area contributed by atoms with Gasteiger partial charge in [-0.2, -0.15) is 0 Å². The average Bonchev–Trinajstić information content (AvgIpc) is 3.08. The van der Waals surface area contributed by atoms with Gasteiger partial charge in [0.05, 0.1) is 28.6 Å². The third-order valence-electron chi connectivity index (χ3n) is 4.99. The summed E-state index contributed by atoms with van der Waals surface area (Å²) >= 11 is 19.2. The summed E-state index contributed by atoms with van der Waals surface area (Å²) in [4.78, 5) is 39.5. The van der Waals surface area contributed by atoms with E-state index >= 15 is 0 Å². The van der Waals surface area contributed by atoms with Gasteiger partial charge in [-0.25, -0.2) is 4.79 Å². The van der Waals surface area contributed by atoms with E-state index in [2.05, 4.69) is 0 Å². The molecule has 0 saturated carbocycles. The molecule has 0 spiro atoms. The number of amides is 2. The second-order valence-corrected chi connectivity index (χ2v) is 9.83. The van der Waals surface area contributed by atoms with Gasteiger partial charge in [0.2, 0.25) is 0 Å². The first kappa shape index (κ1) is 26.1. The lowest BCUT2D eigenvalue weighted by Crippen LogP contribution is -2.27. The van der Waals surface area contributed by atoms with Crippen molar-refractivity contribution in [1.82, 2.24) is 4.90 Å². The molecule has 1 aliphatic rings. The Labute approximate surface area is 226 Å². The van der Waals surface area contributed by atoms with E-state index in [-0.39, 0.29) is 40.1 Å². The molecule has 0 unspecified atom stereocenters. The number of carbonyl (C=O) groups is 3. The van der Waals surface area contributed by atoms with E-state index in [4.69, 9.17) is 44.3 Å². The van der Waals surface area contributed by atoms with Crippen LogP contribution in [0.5, 0.6) is 11.5 Å². The van der Waals surface area contributed by atoms with Crippen LogP contribution < -0.4 is 9.47 Å². The van der Waals surface area contributed by atoms with Crippen molar-refractivity contribution in [1.29, 1.82) is 0 Å². The number of nitrogens with zero attached hydrogens (tertiary/aromatic N) is 1. The summed E-state index contributed by atoms with van der Waals surface area (Å²) in [6.45, 7) is 2.15. The quantitative estimate of drug-likeness (QED) is 0.169. The molecule has 1 heterocycles. The molecule has 0 N–H and O–H groups in total. The van der Waals surface area contributed by atoms with Gasteiger partial charge < -0.3 is 9.47 Å². The van der Waals surface area contributed by atoms with Gasteiger partial charge in [0, 0.05) is 10.0 Å². The minimum atomic E-state index is -0.657. The molecule has 36 heavy (non-hydrogen) atoms. The Hall–Kier alpha value is -2.97. The number of hydrogen-bond acceptors (Lipinski definition) is 6. The SMILES string of the molecule is CCOc1cc(/C=C2\SC(=O)N(Cc3cccc(Cl)c3)C2=O)cc(Cl)c1OC(=O)c1cccc(Cl)c1. The summed E-state index contributed by atoms with van der Waals surface area (Å²) in [5.41, 5.74) is 1.48. The van der Waals surface area contributed by atoms with Crippen LogP contribution in [0.1, 0.15) is 28.4 Å². The van der Waals surface area contributed by atoms with Crippen LogP contribution >= 0.6 is 46.6 Å². The highest BCUT2D eigenvalue weighted by Crippen LogP contribution is 2.40. The van der Waals surface area contributed by atoms with E-state index in [1.54, 1.807) is 61.5 Å². The molecular weight excluding hydrogens is 545 g/mol. The molecule has 3 aromatic carbocycles. The van der Waals surface area contributed by atoms with Crippen molar-refractivity contribution in [3.8, 4) is 11.5 Å². The fourth-order valence-electron chi connectivity index (χ4n) is 3.41. The average molecular weight is 563 g/mol. The second kappa shape index (κ2) is 11.4. The summed E-state index contributed by atoms with van der Waals surface area (Å²) < 4.78 is 11.1. The fraction of sp³-hybridized carbons (Fsp3) is 0.115. The molecule has 2 amide bonds. The van der Waals surface area contributed by atoms with E-state index in [1.807, 2.05) is 0 Å². The Balaban J connectivity index is 1.59. The van der Waals surface area contributed by atoms with Gasteiger partial charge in [-0.15, -0.1) is 0 Å². The molecule has 184 valence electrons. The molecular formula is C26H18Cl3NO5S. The number of halogens is 3. The zero-order chi connectivity index (χ0) is 25.8. The van der Waals surface area contributed by atoms with Crippen molar-refractivity contribution in [2.24, 2.45) is 0 Å². The maximum absolute atomic E-state index is 12.9. The number of ether oxygens (including phenoxy) is 2. The topological polar surface area (TPSA) is 72.9 Å². The van der Waals surface area contributed by atoms with Gasteiger partial charge in [0.15, 0.2) is 11.5 Å². The molecule has 0 aromatic heterocycles. The minimum absolute atomic E-state index is 0.0368. The van der Waals surface area contributed by atoms with E-state index in [0.717, 1.165) is 22.2 Å². The summed E-state index contributed by atoms with van der Waals surface area (Å²) in [6.07, 6.45) is 1.54. The van der Waals surface area contributed by atoms with Crippen LogP contribution in [0.4, 0.5) is 4.79 Å². The predicted molar refractivity (Wildman–Crippen MR) is 142 cm³/mol. The molecule has 0 atom stereocenters. The van der Waals surface area contributed by atoms with Gasteiger partial charge in [-0.1, -0.05) is 53.0 Å². The molecule has 0 bridgehead atoms. The van der Waals surface area contributed by atoms with Crippen molar-refractivity contribution < 1.29 is 23.9 Å². The third kappa shape index (κ3) is 6.05. The Morgan fingerprint density at radius 2 is 1.72 bits per heavy atom. The number of carbonyl (C=O) groups excluding carboxylic acids is 3. The largest absolute Gasteiger partial charge is 0.490 e. The number of thioether (sulfide) groups is 1. The normalized spacial score (nSPS) is 14.4. The van der Waals surface area contributed by atoms with Crippen molar-refractivity contribution in [3.63, 3.8) is 0 Å². The molecule has 1 saturated heterocycles. The fourth-order valence-corrected chi connectivity index (χ4v) is 4.91. The summed E-state index contributed by atoms with van der Waals surface area (Å²) in [5.74, 6) is -0.842. The summed E-state index contributed by atoms with van der Waals surface area (Å²) in [6, 6.07) is 16.4. The molecule has 6 nitrogen and oxygen atoms in total. The zero-order valence-electron chi connectivity index (χ0n) is 18.8. The zero-order valence-corrected chi connectivity index (χ0v) is 21.9. The molecule has 0 aliphatic carbocycles. The second-order valence-electron chi connectivity index (χ2n) is 7.56. The molecule has 0 radical (unpaired) electrons. The number of esters is 1. The standard InChI is InChI=1S/C26H18Cl3NO5S/c1-2-34-21-11-16(10-20(29)23(21)35-25(32)17-6-4-8-19(28)13-17)12-22-24(31)30(26(33)36-22)14-15-5-3-7-18(27)9-15/h3-13H,2,14H2,1H3/b22-12-. The smallest absolute Gasteiger partial charge is 0.343 e. The van der Waals surface area contributed by atoms with Crippen LogP contribution in [0.25, 0.3) is 6.08 Å². The van der Waals surface area contributed by atoms with Crippen LogP contribution in [-0.2, 0) is 11.3 Å². The number of rotatable bonds is 7. The molecule has 1 fully saturated rings. The lowest BCUT2D eigenvalue weighted by atomic mass is 10.1. The first-order valence-electron chi connectivity index (χ1n) is 10.7. The van der Waals surface area contributed by atoms with E-state index in [1.165, 1.54) is 12.1 Å². The van der Waals surface area contributed by atoms with Crippen molar-refractivity contribution in [2.75, 3.05) is 6.61 Å². The number of benzene rings is 3. The Bertz CT molecular complexity index is 1390. The molecule has 4 rings (SSSR count). The maximum atomic E-state index is 12.9. The molecule has 3 aromatic rings. The first-order chi connectivity index (χ1) is 17.2. The highest BCUT2D eigenvalue weighted by molar-refractivity contribution is 8.18. The third-order valence-corrected chi connectivity index (χ3v) is 6.65. The van der Waals surface area contributed by atoms with Crippen molar-refractivity contribution in [2.45, 2.75) is 13.5 Å². The van der Waals surface area contributed by atoms with Gasteiger partial charge in [0.25, 0.3) is 11.1 Å². The monoisotopic (exact) mass is 561 g/mol. The first-order valence-corrected chi connectivity index (χ1v) is 12.6. The maximum Gasteiger partial charge on any atom is 0.343 e. The highest BCUT2D eigenvalue weighted by atomic mass is 35.5. The minimum Gasteiger partial charge on any atom is -0.490 e. The Morgan fingerprint density at radius 1 is 1.00 bits per heavy atom. The highest BCUT2D eigenvalue weighted by Gasteiger charge is 2.35. The van der Waals surface area contributed by atoms with E-state index in [0.29, 0.717) is 15.6 Å². The number of imide groups is 1. The van der Waals surface area contributed by atoms with E-state index in [9.17, 15) is 14.4 Å².